The van der Waals surface area contributed by atoms with Crippen molar-refractivity contribution in [2.45, 2.75) is 32.2 Å². The summed E-state index contributed by atoms with van der Waals surface area (Å²) in [4.78, 5) is 2.60. The van der Waals surface area contributed by atoms with Gasteiger partial charge in [0.05, 0.1) is 6.61 Å². The van der Waals surface area contributed by atoms with Crippen LogP contribution in [0.3, 0.4) is 0 Å². The van der Waals surface area contributed by atoms with Gasteiger partial charge in [0.1, 0.15) is 0 Å². The second kappa shape index (κ2) is 5.28. The minimum atomic E-state index is 0.573. The second-order valence-corrected chi connectivity index (χ2v) is 4.98. The van der Waals surface area contributed by atoms with Crippen LogP contribution in [0.25, 0.3) is 0 Å². The molecule has 3 nitrogen and oxygen atoms in total. The van der Waals surface area contributed by atoms with Gasteiger partial charge < -0.3 is 10.5 Å². The molecule has 2 N–H and O–H groups in total. The van der Waals surface area contributed by atoms with E-state index in [1.807, 2.05) is 0 Å². The monoisotopic (exact) mass is 212 g/mol. The van der Waals surface area contributed by atoms with Crippen LogP contribution in [0.1, 0.15) is 26.2 Å². The van der Waals surface area contributed by atoms with Crippen molar-refractivity contribution in [2.24, 2.45) is 17.6 Å². The van der Waals surface area contributed by atoms with Gasteiger partial charge in [0, 0.05) is 31.7 Å². The predicted molar refractivity (Wildman–Crippen MR) is 61.7 cm³/mol. The Morgan fingerprint density at radius 2 is 2.33 bits per heavy atom. The summed E-state index contributed by atoms with van der Waals surface area (Å²) in [5, 5.41) is 0. The van der Waals surface area contributed by atoms with Crippen molar-refractivity contribution in [3.05, 3.63) is 0 Å². The third-order valence-corrected chi connectivity index (χ3v) is 4.11. The SMILES string of the molecule is CCC1CCN(C(CN)C2CCOC2)C1. The average Bonchev–Trinajstić information content (AvgIpc) is 2.89. The molecule has 0 aromatic rings. The van der Waals surface area contributed by atoms with Crippen LogP contribution in [0.2, 0.25) is 0 Å². The lowest BCUT2D eigenvalue weighted by Gasteiger charge is -2.30. The highest BCUT2D eigenvalue weighted by Gasteiger charge is 2.33. The minimum Gasteiger partial charge on any atom is -0.381 e. The molecule has 0 amide bonds. The van der Waals surface area contributed by atoms with E-state index < -0.39 is 0 Å². The summed E-state index contributed by atoms with van der Waals surface area (Å²) in [6, 6.07) is 0.573. The first kappa shape index (κ1) is 11.4. The minimum absolute atomic E-state index is 0.573. The Bertz CT molecular complexity index is 192. The van der Waals surface area contributed by atoms with Gasteiger partial charge in [-0.1, -0.05) is 13.3 Å². The fraction of sp³-hybridized carbons (Fsp3) is 1.00. The van der Waals surface area contributed by atoms with Gasteiger partial charge >= 0.3 is 0 Å². The van der Waals surface area contributed by atoms with E-state index in [1.165, 1.54) is 32.4 Å². The van der Waals surface area contributed by atoms with E-state index in [0.717, 1.165) is 25.7 Å². The van der Waals surface area contributed by atoms with E-state index in [2.05, 4.69) is 11.8 Å². The van der Waals surface area contributed by atoms with Crippen molar-refractivity contribution < 1.29 is 4.74 Å². The molecule has 2 fully saturated rings. The molecule has 15 heavy (non-hydrogen) atoms. The van der Waals surface area contributed by atoms with E-state index in [-0.39, 0.29) is 0 Å². The van der Waals surface area contributed by atoms with Crippen molar-refractivity contribution in [1.82, 2.24) is 4.90 Å². The maximum absolute atomic E-state index is 5.92. The van der Waals surface area contributed by atoms with Crippen LogP contribution >= 0.6 is 0 Å². The van der Waals surface area contributed by atoms with Crippen LogP contribution in [0.4, 0.5) is 0 Å². The Labute approximate surface area is 93.0 Å². The summed E-state index contributed by atoms with van der Waals surface area (Å²) >= 11 is 0. The Kier molecular flexibility index (Phi) is 4.00. The molecule has 2 rings (SSSR count). The molecule has 0 spiro atoms. The third-order valence-electron chi connectivity index (χ3n) is 4.11. The Balaban J connectivity index is 1.89. The molecule has 0 aromatic carbocycles. The highest BCUT2D eigenvalue weighted by atomic mass is 16.5. The van der Waals surface area contributed by atoms with Gasteiger partial charge in [-0.2, -0.15) is 0 Å². The van der Waals surface area contributed by atoms with Crippen LogP contribution in [0.15, 0.2) is 0 Å². The van der Waals surface area contributed by atoms with Crippen LogP contribution in [0.5, 0.6) is 0 Å². The van der Waals surface area contributed by atoms with E-state index in [1.54, 1.807) is 0 Å². The van der Waals surface area contributed by atoms with E-state index in [4.69, 9.17) is 10.5 Å². The Morgan fingerprint density at radius 1 is 1.47 bits per heavy atom. The Morgan fingerprint density at radius 3 is 2.87 bits per heavy atom. The molecule has 0 aromatic heterocycles. The molecular formula is C12H24N2O. The standard InChI is InChI=1S/C12H24N2O/c1-2-10-3-5-14(8-10)12(7-13)11-4-6-15-9-11/h10-12H,2-9,13H2,1H3. The molecule has 3 atom stereocenters. The van der Waals surface area contributed by atoms with Crippen molar-refractivity contribution >= 4 is 0 Å². The first-order chi connectivity index (χ1) is 7.35. The van der Waals surface area contributed by atoms with Gasteiger partial charge in [0.15, 0.2) is 0 Å². The predicted octanol–water partition coefficient (Wildman–Crippen LogP) is 1.08. The third kappa shape index (κ3) is 2.52. The number of ether oxygens (including phenoxy) is 1. The number of hydrogen-bond donors (Lipinski definition) is 1. The number of likely N-dealkylation sites (tertiary alicyclic amines) is 1. The summed E-state index contributed by atoms with van der Waals surface area (Å²) in [5.74, 6) is 1.59. The number of rotatable bonds is 4. The van der Waals surface area contributed by atoms with Gasteiger partial charge in [0.2, 0.25) is 0 Å². The summed E-state index contributed by atoms with van der Waals surface area (Å²) in [6.45, 7) is 7.46. The topological polar surface area (TPSA) is 38.5 Å². The molecule has 3 heteroatoms. The van der Waals surface area contributed by atoms with Crippen molar-refractivity contribution in [3.63, 3.8) is 0 Å². The number of hydrogen-bond acceptors (Lipinski definition) is 3. The zero-order chi connectivity index (χ0) is 10.7. The first-order valence-corrected chi connectivity index (χ1v) is 6.37. The lowest BCUT2D eigenvalue weighted by Crippen LogP contribution is -2.44. The van der Waals surface area contributed by atoms with E-state index in [9.17, 15) is 0 Å². The number of nitrogens with zero attached hydrogens (tertiary/aromatic N) is 1. The first-order valence-electron chi connectivity index (χ1n) is 6.37. The fourth-order valence-corrected chi connectivity index (χ4v) is 2.99. The van der Waals surface area contributed by atoms with E-state index in [0.29, 0.717) is 12.0 Å². The van der Waals surface area contributed by atoms with Gasteiger partial charge in [-0.05, 0) is 25.3 Å². The van der Waals surface area contributed by atoms with Crippen molar-refractivity contribution in [3.8, 4) is 0 Å². The average molecular weight is 212 g/mol. The molecule has 88 valence electrons. The van der Waals surface area contributed by atoms with Crippen molar-refractivity contribution in [2.75, 3.05) is 32.8 Å². The Hall–Kier alpha value is -0.120. The maximum atomic E-state index is 5.92. The zero-order valence-corrected chi connectivity index (χ0v) is 9.82. The summed E-state index contributed by atoms with van der Waals surface area (Å²) in [6.07, 6.45) is 3.88. The van der Waals surface area contributed by atoms with Crippen LogP contribution in [0, 0.1) is 11.8 Å². The normalized spacial score (nSPS) is 34.8. The van der Waals surface area contributed by atoms with Gasteiger partial charge in [-0.3, -0.25) is 4.90 Å². The molecule has 2 heterocycles. The van der Waals surface area contributed by atoms with Crippen LogP contribution in [-0.4, -0.2) is 43.8 Å². The second-order valence-electron chi connectivity index (χ2n) is 4.98. The summed E-state index contributed by atoms with van der Waals surface area (Å²) in [7, 11) is 0. The van der Waals surface area contributed by atoms with Crippen LogP contribution < -0.4 is 5.73 Å². The molecule has 3 unspecified atom stereocenters. The molecule has 0 radical (unpaired) electrons. The smallest absolute Gasteiger partial charge is 0.0510 e. The molecule has 0 saturated carbocycles. The van der Waals surface area contributed by atoms with Gasteiger partial charge in [0.25, 0.3) is 0 Å². The van der Waals surface area contributed by atoms with Crippen LogP contribution in [-0.2, 0) is 4.74 Å². The fourth-order valence-electron chi connectivity index (χ4n) is 2.99. The lowest BCUT2D eigenvalue weighted by atomic mass is 9.97. The number of nitrogens with two attached hydrogens (primary N) is 1. The largest absolute Gasteiger partial charge is 0.381 e. The summed E-state index contributed by atoms with van der Waals surface area (Å²) in [5.41, 5.74) is 5.92. The van der Waals surface area contributed by atoms with Crippen molar-refractivity contribution in [1.29, 1.82) is 0 Å². The summed E-state index contributed by atoms with van der Waals surface area (Å²) < 4.78 is 5.47. The zero-order valence-electron chi connectivity index (χ0n) is 9.82. The quantitative estimate of drug-likeness (QED) is 0.758. The highest BCUT2D eigenvalue weighted by Crippen LogP contribution is 2.27. The molecular weight excluding hydrogens is 188 g/mol. The highest BCUT2D eigenvalue weighted by molar-refractivity contribution is 4.87. The molecule has 2 aliphatic rings. The lowest BCUT2D eigenvalue weighted by molar-refractivity contribution is 0.137. The molecule has 2 saturated heterocycles. The van der Waals surface area contributed by atoms with Gasteiger partial charge in [-0.15, -0.1) is 0 Å². The molecule has 2 aliphatic heterocycles. The molecule has 0 bridgehead atoms. The van der Waals surface area contributed by atoms with Gasteiger partial charge in [-0.25, -0.2) is 0 Å². The molecule has 0 aliphatic carbocycles. The maximum Gasteiger partial charge on any atom is 0.0510 e. The van der Waals surface area contributed by atoms with E-state index >= 15 is 0 Å².